The number of rotatable bonds is 3. The van der Waals surface area contributed by atoms with E-state index in [1.807, 2.05) is 23.6 Å². The van der Waals surface area contributed by atoms with Gasteiger partial charge in [-0.3, -0.25) is 9.20 Å². The third-order valence-corrected chi connectivity index (χ3v) is 5.78. The molecule has 0 spiro atoms. The van der Waals surface area contributed by atoms with E-state index in [9.17, 15) is 13.6 Å². The Morgan fingerprint density at radius 1 is 1.21 bits per heavy atom. The number of carbonyl (C=O) groups is 1. The van der Waals surface area contributed by atoms with Gasteiger partial charge in [0.2, 0.25) is 5.88 Å². The number of imidazole rings is 1. The van der Waals surface area contributed by atoms with Crippen LogP contribution in [0.4, 0.5) is 8.78 Å². The summed E-state index contributed by atoms with van der Waals surface area (Å²) in [4.78, 5) is 23.4. The third-order valence-electron chi connectivity index (χ3n) is 5.01. The van der Waals surface area contributed by atoms with Crippen LogP contribution >= 0.6 is 11.3 Å². The van der Waals surface area contributed by atoms with Crippen molar-refractivity contribution >= 4 is 33.1 Å². The average molecular weight is 414 g/mol. The van der Waals surface area contributed by atoms with Crippen molar-refractivity contribution in [2.45, 2.75) is 18.4 Å². The quantitative estimate of drug-likeness (QED) is 0.511. The summed E-state index contributed by atoms with van der Waals surface area (Å²) in [5.41, 5.74) is 0.903. The van der Waals surface area contributed by atoms with Crippen molar-refractivity contribution in [3.05, 3.63) is 59.9 Å². The van der Waals surface area contributed by atoms with E-state index < -0.39 is 18.4 Å². The molecule has 5 rings (SSSR count). The highest BCUT2D eigenvalue weighted by molar-refractivity contribution is 7.15. The van der Waals surface area contributed by atoms with Gasteiger partial charge in [-0.1, -0.05) is 18.2 Å². The van der Waals surface area contributed by atoms with Gasteiger partial charge in [-0.25, -0.2) is 18.7 Å². The van der Waals surface area contributed by atoms with Crippen LogP contribution in [-0.2, 0) is 0 Å². The summed E-state index contributed by atoms with van der Waals surface area (Å²) < 4.78 is 36.3. The monoisotopic (exact) mass is 414 g/mol. The van der Waals surface area contributed by atoms with Crippen LogP contribution in [0, 0.1) is 0 Å². The third kappa shape index (κ3) is 3.31. The second-order valence-electron chi connectivity index (χ2n) is 6.93. The standard InChI is InChI=1S/C20H16F2N4O2S/c21-20(22)7-8-25(18(27)15-11-26-9-10-29-19(26)24-15)12-16(20)28-17-6-5-13-3-1-2-4-14(13)23-17/h1-6,9-11,16H,7-8,12H2. The molecule has 6 nitrogen and oxygen atoms in total. The van der Waals surface area contributed by atoms with Crippen molar-refractivity contribution < 1.29 is 18.3 Å². The number of benzene rings is 1. The van der Waals surface area contributed by atoms with Crippen LogP contribution < -0.4 is 4.74 Å². The number of fused-ring (bicyclic) bond motifs is 2. The molecule has 1 aliphatic heterocycles. The van der Waals surface area contributed by atoms with Crippen LogP contribution in [0.15, 0.2) is 54.2 Å². The molecule has 4 aromatic rings. The number of halogens is 2. The number of piperidine rings is 1. The van der Waals surface area contributed by atoms with Crippen molar-refractivity contribution in [2.75, 3.05) is 13.1 Å². The molecule has 1 amide bonds. The van der Waals surface area contributed by atoms with E-state index >= 15 is 0 Å². The predicted molar refractivity (Wildman–Crippen MR) is 105 cm³/mol. The van der Waals surface area contributed by atoms with Crippen molar-refractivity contribution in [1.29, 1.82) is 0 Å². The predicted octanol–water partition coefficient (Wildman–Crippen LogP) is 3.87. The van der Waals surface area contributed by atoms with Gasteiger partial charge in [0, 0.05) is 42.2 Å². The molecule has 1 unspecified atom stereocenters. The molecule has 0 saturated carbocycles. The minimum absolute atomic E-state index is 0.0536. The lowest BCUT2D eigenvalue weighted by molar-refractivity contribution is -0.131. The number of carbonyl (C=O) groups excluding carboxylic acids is 1. The lowest BCUT2D eigenvalue weighted by Crippen LogP contribution is -2.55. The van der Waals surface area contributed by atoms with Gasteiger partial charge in [0.05, 0.1) is 12.1 Å². The highest BCUT2D eigenvalue weighted by Crippen LogP contribution is 2.32. The fraction of sp³-hybridized carbons (Fsp3) is 0.250. The van der Waals surface area contributed by atoms with E-state index in [0.717, 1.165) is 5.39 Å². The summed E-state index contributed by atoms with van der Waals surface area (Å²) in [5.74, 6) is -3.32. The number of hydrogen-bond acceptors (Lipinski definition) is 5. The van der Waals surface area contributed by atoms with Gasteiger partial charge in [0.15, 0.2) is 11.1 Å². The Morgan fingerprint density at radius 3 is 2.93 bits per heavy atom. The zero-order valence-electron chi connectivity index (χ0n) is 15.2. The van der Waals surface area contributed by atoms with E-state index in [4.69, 9.17) is 4.74 Å². The number of hydrogen-bond donors (Lipinski definition) is 0. The number of thiazole rings is 1. The molecule has 1 saturated heterocycles. The number of pyridine rings is 1. The number of ether oxygens (including phenoxy) is 1. The first-order chi connectivity index (χ1) is 14.0. The number of amides is 1. The largest absolute Gasteiger partial charge is 0.466 e. The molecule has 0 radical (unpaired) electrons. The minimum atomic E-state index is -3.06. The van der Waals surface area contributed by atoms with Gasteiger partial charge < -0.3 is 9.64 Å². The number of alkyl halides is 2. The SMILES string of the molecule is O=C(c1cn2ccsc2n1)N1CCC(F)(F)C(Oc2ccc3ccccc3n2)C1. The van der Waals surface area contributed by atoms with Gasteiger partial charge in [-0.2, -0.15) is 0 Å². The van der Waals surface area contributed by atoms with Gasteiger partial charge in [0.25, 0.3) is 11.8 Å². The maximum Gasteiger partial charge on any atom is 0.287 e. The second kappa shape index (κ2) is 6.77. The fourth-order valence-electron chi connectivity index (χ4n) is 3.43. The van der Waals surface area contributed by atoms with Crippen LogP contribution in [0.3, 0.4) is 0 Å². The van der Waals surface area contributed by atoms with Crippen LogP contribution in [0.25, 0.3) is 15.9 Å². The molecule has 1 atom stereocenters. The molecule has 0 aliphatic carbocycles. The summed E-state index contributed by atoms with van der Waals surface area (Å²) in [7, 11) is 0. The highest BCUT2D eigenvalue weighted by Gasteiger charge is 2.47. The molecule has 0 bridgehead atoms. The number of likely N-dealkylation sites (tertiary alicyclic amines) is 1. The van der Waals surface area contributed by atoms with E-state index in [1.165, 1.54) is 16.2 Å². The second-order valence-corrected chi connectivity index (χ2v) is 7.80. The Bertz CT molecular complexity index is 1180. The van der Waals surface area contributed by atoms with E-state index in [0.29, 0.717) is 10.5 Å². The molecule has 1 aliphatic rings. The zero-order valence-corrected chi connectivity index (χ0v) is 16.0. The summed E-state index contributed by atoms with van der Waals surface area (Å²) in [6, 6.07) is 10.7. The smallest absolute Gasteiger partial charge is 0.287 e. The summed E-state index contributed by atoms with van der Waals surface area (Å²) in [6.45, 7) is -0.284. The minimum Gasteiger partial charge on any atom is -0.466 e. The van der Waals surface area contributed by atoms with Crippen LogP contribution in [0.2, 0.25) is 0 Å². The Kier molecular flexibility index (Phi) is 4.20. The Morgan fingerprint density at radius 2 is 2.07 bits per heavy atom. The summed E-state index contributed by atoms with van der Waals surface area (Å²) in [6.07, 6.45) is 1.46. The van der Waals surface area contributed by atoms with Crippen molar-refractivity contribution in [2.24, 2.45) is 0 Å². The number of nitrogens with zero attached hydrogens (tertiary/aromatic N) is 4. The molecule has 4 heterocycles. The molecule has 1 fully saturated rings. The van der Waals surface area contributed by atoms with E-state index in [2.05, 4.69) is 9.97 Å². The molecular weight excluding hydrogens is 398 g/mol. The van der Waals surface area contributed by atoms with Crippen molar-refractivity contribution in [1.82, 2.24) is 19.3 Å². The topological polar surface area (TPSA) is 59.7 Å². The molecule has 1 aromatic carbocycles. The van der Waals surface area contributed by atoms with Crippen molar-refractivity contribution in [3.63, 3.8) is 0 Å². The highest BCUT2D eigenvalue weighted by atomic mass is 32.1. The van der Waals surface area contributed by atoms with Gasteiger partial charge in [-0.15, -0.1) is 11.3 Å². The van der Waals surface area contributed by atoms with E-state index in [-0.39, 0.29) is 30.6 Å². The first-order valence-corrected chi connectivity index (χ1v) is 9.99. The molecule has 0 N–H and O–H groups in total. The normalized spacial score (nSPS) is 19.0. The first-order valence-electron chi connectivity index (χ1n) is 9.11. The lowest BCUT2D eigenvalue weighted by Gasteiger charge is -2.37. The average Bonchev–Trinajstić information content (AvgIpc) is 3.31. The maximum absolute atomic E-state index is 14.5. The maximum atomic E-state index is 14.5. The molecule has 9 heteroatoms. The Hall–Kier alpha value is -3.07. The van der Waals surface area contributed by atoms with E-state index in [1.54, 1.807) is 35.0 Å². The first kappa shape index (κ1) is 18.0. The van der Waals surface area contributed by atoms with Crippen LogP contribution in [-0.4, -0.2) is 50.3 Å². The lowest BCUT2D eigenvalue weighted by atomic mass is 10.0. The zero-order chi connectivity index (χ0) is 20.0. The number of para-hydroxylation sites is 1. The van der Waals surface area contributed by atoms with Crippen molar-refractivity contribution in [3.8, 4) is 5.88 Å². The Labute approximate surface area is 168 Å². The molecule has 29 heavy (non-hydrogen) atoms. The number of aromatic nitrogens is 3. The fourth-order valence-corrected chi connectivity index (χ4v) is 4.13. The molecule has 3 aromatic heterocycles. The Balaban J connectivity index is 1.37. The summed E-state index contributed by atoms with van der Waals surface area (Å²) in [5, 5.41) is 2.75. The molecular formula is C20H16F2N4O2S. The summed E-state index contributed by atoms with van der Waals surface area (Å²) >= 11 is 1.40. The van der Waals surface area contributed by atoms with Gasteiger partial charge >= 0.3 is 0 Å². The van der Waals surface area contributed by atoms with Gasteiger partial charge in [0.1, 0.15) is 5.69 Å². The molecule has 148 valence electrons. The van der Waals surface area contributed by atoms with Gasteiger partial charge in [-0.05, 0) is 12.1 Å². The van der Waals surface area contributed by atoms with Crippen LogP contribution in [0.1, 0.15) is 16.9 Å². The van der Waals surface area contributed by atoms with Crippen LogP contribution in [0.5, 0.6) is 5.88 Å².